The standard InChI is InChI=1S/C15H13F3O2/c1-8-3-6-11(16)13(14(8)18)15(19)10-5-4-9(20-2)7-12(10)17/h3-7,15,19H,1-2H3. The molecule has 2 aromatic rings. The zero-order chi connectivity index (χ0) is 14.9. The minimum Gasteiger partial charge on any atom is -0.497 e. The molecule has 106 valence electrons. The lowest BCUT2D eigenvalue weighted by Gasteiger charge is -2.15. The summed E-state index contributed by atoms with van der Waals surface area (Å²) in [6.45, 7) is 1.44. The molecule has 5 heteroatoms. The quantitative estimate of drug-likeness (QED) is 0.933. The number of aliphatic hydroxyl groups is 1. The summed E-state index contributed by atoms with van der Waals surface area (Å²) in [7, 11) is 1.37. The van der Waals surface area contributed by atoms with Crippen molar-refractivity contribution < 1.29 is 23.0 Å². The fourth-order valence-corrected chi connectivity index (χ4v) is 1.94. The van der Waals surface area contributed by atoms with E-state index in [2.05, 4.69) is 0 Å². The summed E-state index contributed by atoms with van der Waals surface area (Å²) in [5.41, 5.74) is -0.599. The molecule has 0 saturated heterocycles. The Hall–Kier alpha value is -2.01. The molecule has 2 rings (SSSR count). The van der Waals surface area contributed by atoms with Crippen LogP contribution in [0, 0.1) is 24.4 Å². The second-order valence-electron chi connectivity index (χ2n) is 4.38. The van der Waals surface area contributed by atoms with Crippen molar-refractivity contribution in [1.82, 2.24) is 0 Å². The smallest absolute Gasteiger partial charge is 0.135 e. The third-order valence-electron chi connectivity index (χ3n) is 3.10. The van der Waals surface area contributed by atoms with E-state index in [0.717, 1.165) is 12.1 Å². The SMILES string of the molecule is COc1ccc(C(O)c2c(F)ccc(C)c2F)c(F)c1. The van der Waals surface area contributed by atoms with Gasteiger partial charge in [-0.05, 0) is 30.7 Å². The van der Waals surface area contributed by atoms with Gasteiger partial charge in [-0.3, -0.25) is 0 Å². The maximum absolute atomic E-state index is 13.9. The van der Waals surface area contributed by atoms with Gasteiger partial charge in [0, 0.05) is 11.6 Å². The highest BCUT2D eigenvalue weighted by atomic mass is 19.1. The number of methoxy groups -OCH3 is 1. The zero-order valence-electron chi connectivity index (χ0n) is 11.0. The number of benzene rings is 2. The van der Waals surface area contributed by atoms with Crippen LogP contribution < -0.4 is 4.74 Å². The molecule has 0 fully saturated rings. The van der Waals surface area contributed by atoms with Crippen LogP contribution >= 0.6 is 0 Å². The van der Waals surface area contributed by atoms with Gasteiger partial charge in [0.2, 0.25) is 0 Å². The molecule has 20 heavy (non-hydrogen) atoms. The average Bonchev–Trinajstić information content (AvgIpc) is 2.43. The Morgan fingerprint density at radius 1 is 1.05 bits per heavy atom. The van der Waals surface area contributed by atoms with Crippen LogP contribution in [0.25, 0.3) is 0 Å². The summed E-state index contributed by atoms with van der Waals surface area (Å²) in [4.78, 5) is 0. The van der Waals surface area contributed by atoms with Gasteiger partial charge in [-0.2, -0.15) is 0 Å². The lowest BCUT2D eigenvalue weighted by Crippen LogP contribution is -2.09. The number of aliphatic hydroxyl groups excluding tert-OH is 1. The molecule has 0 bridgehead atoms. The van der Waals surface area contributed by atoms with Crippen LogP contribution in [0.4, 0.5) is 13.2 Å². The highest BCUT2D eigenvalue weighted by Gasteiger charge is 2.23. The molecule has 1 atom stereocenters. The lowest BCUT2D eigenvalue weighted by molar-refractivity contribution is 0.203. The molecule has 2 nitrogen and oxygen atoms in total. The second kappa shape index (κ2) is 5.54. The Kier molecular flexibility index (Phi) is 3.99. The predicted octanol–water partition coefficient (Wildman–Crippen LogP) is 3.50. The molecule has 0 heterocycles. The van der Waals surface area contributed by atoms with Crippen LogP contribution in [-0.4, -0.2) is 12.2 Å². The fraction of sp³-hybridized carbons (Fsp3) is 0.200. The van der Waals surface area contributed by atoms with E-state index in [-0.39, 0.29) is 16.9 Å². The minimum atomic E-state index is -1.72. The molecule has 1 N–H and O–H groups in total. The van der Waals surface area contributed by atoms with Crippen molar-refractivity contribution in [2.24, 2.45) is 0 Å². The number of rotatable bonds is 3. The van der Waals surface area contributed by atoms with E-state index in [0.29, 0.717) is 0 Å². The highest BCUT2D eigenvalue weighted by molar-refractivity contribution is 5.38. The molecule has 0 aromatic heterocycles. The number of hydrogen-bond donors (Lipinski definition) is 1. The normalized spacial score (nSPS) is 12.3. The second-order valence-corrected chi connectivity index (χ2v) is 4.38. The molecular weight excluding hydrogens is 269 g/mol. The van der Waals surface area contributed by atoms with Gasteiger partial charge in [0.25, 0.3) is 0 Å². The third-order valence-corrected chi connectivity index (χ3v) is 3.10. The Bertz CT molecular complexity index is 641. The summed E-state index contributed by atoms with van der Waals surface area (Å²) < 4.78 is 46.3. The van der Waals surface area contributed by atoms with Crippen molar-refractivity contribution in [3.8, 4) is 5.75 Å². The van der Waals surface area contributed by atoms with Crippen LogP contribution in [0.3, 0.4) is 0 Å². The van der Waals surface area contributed by atoms with Crippen molar-refractivity contribution in [1.29, 1.82) is 0 Å². The van der Waals surface area contributed by atoms with Crippen molar-refractivity contribution >= 4 is 0 Å². The Labute approximate surface area is 114 Å². The predicted molar refractivity (Wildman–Crippen MR) is 68.1 cm³/mol. The van der Waals surface area contributed by atoms with Gasteiger partial charge in [0.15, 0.2) is 0 Å². The number of hydrogen-bond acceptors (Lipinski definition) is 2. The van der Waals surface area contributed by atoms with Crippen LogP contribution in [-0.2, 0) is 0 Å². The first kappa shape index (κ1) is 14.4. The lowest BCUT2D eigenvalue weighted by atomic mass is 9.98. The number of halogens is 3. The van der Waals surface area contributed by atoms with E-state index in [1.165, 1.54) is 32.2 Å². The van der Waals surface area contributed by atoms with Crippen molar-refractivity contribution in [3.05, 3.63) is 64.5 Å². The number of ether oxygens (including phenoxy) is 1. The van der Waals surface area contributed by atoms with E-state index in [1.54, 1.807) is 0 Å². The maximum atomic E-state index is 13.9. The Morgan fingerprint density at radius 2 is 1.75 bits per heavy atom. The summed E-state index contributed by atoms with van der Waals surface area (Å²) in [6.07, 6.45) is -1.72. The van der Waals surface area contributed by atoms with Crippen LogP contribution in [0.5, 0.6) is 5.75 Å². The molecule has 0 saturated carbocycles. The molecule has 0 amide bonds. The van der Waals surface area contributed by atoms with E-state index >= 15 is 0 Å². The van der Waals surface area contributed by atoms with E-state index in [1.807, 2.05) is 0 Å². The minimum absolute atomic E-state index is 0.175. The third kappa shape index (κ3) is 2.49. The van der Waals surface area contributed by atoms with E-state index in [4.69, 9.17) is 4.74 Å². The maximum Gasteiger partial charge on any atom is 0.135 e. The summed E-state index contributed by atoms with van der Waals surface area (Å²) in [5, 5.41) is 10.1. The zero-order valence-corrected chi connectivity index (χ0v) is 11.0. The fourth-order valence-electron chi connectivity index (χ4n) is 1.94. The Balaban J connectivity index is 2.52. The highest BCUT2D eigenvalue weighted by Crippen LogP contribution is 2.31. The monoisotopic (exact) mass is 282 g/mol. The first-order valence-corrected chi connectivity index (χ1v) is 5.91. The van der Waals surface area contributed by atoms with Gasteiger partial charge in [-0.15, -0.1) is 0 Å². The van der Waals surface area contributed by atoms with Crippen LogP contribution in [0.1, 0.15) is 22.8 Å². The van der Waals surface area contributed by atoms with Gasteiger partial charge >= 0.3 is 0 Å². The van der Waals surface area contributed by atoms with Gasteiger partial charge in [-0.25, -0.2) is 13.2 Å². The summed E-state index contributed by atoms with van der Waals surface area (Å²) >= 11 is 0. The van der Waals surface area contributed by atoms with E-state index < -0.39 is 29.1 Å². The summed E-state index contributed by atoms with van der Waals surface area (Å²) in [6, 6.07) is 5.99. The molecule has 1 unspecified atom stereocenters. The van der Waals surface area contributed by atoms with Gasteiger partial charge in [-0.1, -0.05) is 6.07 Å². The molecule has 0 radical (unpaired) electrons. The van der Waals surface area contributed by atoms with Gasteiger partial charge in [0.1, 0.15) is 29.3 Å². The topological polar surface area (TPSA) is 29.5 Å². The van der Waals surface area contributed by atoms with Crippen molar-refractivity contribution in [3.63, 3.8) is 0 Å². The van der Waals surface area contributed by atoms with Gasteiger partial charge < -0.3 is 9.84 Å². The molecule has 0 aliphatic heterocycles. The molecule has 0 aliphatic carbocycles. The van der Waals surface area contributed by atoms with E-state index in [9.17, 15) is 18.3 Å². The molecule has 0 spiro atoms. The molecular formula is C15H13F3O2. The van der Waals surface area contributed by atoms with Crippen molar-refractivity contribution in [2.45, 2.75) is 13.0 Å². The molecule has 0 aliphatic rings. The largest absolute Gasteiger partial charge is 0.497 e. The first-order chi connectivity index (χ1) is 9.45. The number of aryl methyl sites for hydroxylation is 1. The van der Waals surface area contributed by atoms with Crippen molar-refractivity contribution in [2.75, 3.05) is 7.11 Å². The molecule has 2 aromatic carbocycles. The average molecular weight is 282 g/mol. The van der Waals surface area contributed by atoms with Crippen LogP contribution in [0.2, 0.25) is 0 Å². The summed E-state index contributed by atoms with van der Waals surface area (Å²) in [5.74, 6) is -2.34. The first-order valence-electron chi connectivity index (χ1n) is 5.91. The van der Waals surface area contributed by atoms with Crippen LogP contribution in [0.15, 0.2) is 30.3 Å². The van der Waals surface area contributed by atoms with Gasteiger partial charge in [0.05, 0.1) is 12.7 Å². The Morgan fingerprint density at radius 3 is 2.35 bits per heavy atom.